The van der Waals surface area contributed by atoms with E-state index < -0.39 is 0 Å². The largest absolute Gasteiger partial charge is 0.372 e. The Morgan fingerprint density at radius 2 is 1.71 bits per heavy atom. The minimum Gasteiger partial charge on any atom is -0.372 e. The second-order valence-corrected chi connectivity index (χ2v) is 9.18. The highest BCUT2D eigenvalue weighted by atomic mass is 32.2. The standard InChI is InChI=1S/C26H24N2O2S/c1-18-14-23(27-12-4-5-13-27)11-10-21(18)16-24-25(29)28(26(30)31-24)17-19-8-9-20-6-2-3-7-22(20)15-19/h2-3,6-11,14-16H,4-5,12-13,17H2,1H3/b24-16-. The van der Waals surface area contributed by atoms with Crippen LogP contribution in [0.1, 0.15) is 29.5 Å². The fraction of sp³-hybridized carbons (Fsp3) is 0.231. The van der Waals surface area contributed by atoms with Gasteiger partial charge in [-0.1, -0.05) is 42.5 Å². The van der Waals surface area contributed by atoms with Gasteiger partial charge < -0.3 is 4.90 Å². The predicted octanol–water partition coefficient (Wildman–Crippen LogP) is 5.98. The van der Waals surface area contributed by atoms with E-state index in [0.717, 1.165) is 52.3 Å². The van der Waals surface area contributed by atoms with E-state index in [2.05, 4.69) is 36.1 Å². The van der Waals surface area contributed by atoms with Gasteiger partial charge in [0.2, 0.25) is 0 Å². The second kappa shape index (κ2) is 8.23. The number of hydrogen-bond acceptors (Lipinski definition) is 4. The summed E-state index contributed by atoms with van der Waals surface area (Å²) in [5, 5.41) is 2.04. The minimum atomic E-state index is -0.217. The number of nitrogens with zero attached hydrogens (tertiary/aromatic N) is 2. The van der Waals surface area contributed by atoms with E-state index >= 15 is 0 Å². The molecule has 2 aliphatic rings. The SMILES string of the molecule is Cc1cc(N2CCCC2)ccc1/C=C1\SC(=O)N(Cc2ccc3ccccc3c2)C1=O. The van der Waals surface area contributed by atoms with Crippen LogP contribution in [0.5, 0.6) is 0 Å². The van der Waals surface area contributed by atoms with Crippen LogP contribution in [0.3, 0.4) is 0 Å². The van der Waals surface area contributed by atoms with E-state index in [-0.39, 0.29) is 11.1 Å². The summed E-state index contributed by atoms with van der Waals surface area (Å²) in [5.41, 5.74) is 4.29. The van der Waals surface area contributed by atoms with Crippen molar-refractivity contribution in [2.75, 3.05) is 18.0 Å². The van der Waals surface area contributed by atoms with Gasteiger partial charge in [-0.3, -0.25) is 14.5 Å². The molecule has 0 aliphatic carbocycles. The van der Waals surface area contributed by atoms with Crippen molar-refractivity contribution in [1.29, 1.82) is 0 Å². The summed E-state index contributed by atoms with van der Waals surface area (Å²) in [5.74, 6) is -0.217. The van der Waals surface area contributed by atoms with Crippen molar-refractivity contribution in [3.8, 4) is 0 Å². The van der Waals surface area contributed by atoms with Gasteiger partial charge in [0.15, 0.2) is 0 Å². The molecule has 2 amide bonds. The summed E-state index contributed by atoms with van der Waals surface area (Å²) in [6, 6.07) is 20.5. The molecule has 5 heteroatoms. The molecular formula is C26H24N2O2S. The molecule has 0 atom stereocenters. The lowest BCUT2D eigenvalue weighted by atomic mass is 10.1. The molecule has 2 fully saturated rings. The molecule has 2 saturated heterocycles. The molecule has 0 aromatic heterocycles. The Labute approximate surface area is 186 Å². The third-order valence-electron chi connectivity index (χ3n) is 6.04. The summed E-state index contributed by atoms with van der Waals surface area (Å²) in [4.78, 5) is 29.8. The van der Waals surface area contributed by atoms with Crippen LogP contribution in [0.25, 0.3) is 16.8 Å². The van der Waals surface area contributed by atoms with Crippen molar-refractivity contribution in [2.24, 2.45) is 0 Å². The Balaban J connectivity index is 1.36. The van der Waals surface area contributed by atoms with E-state index in [9.17, 15) is 9.59 Å². The van der Waals surface area contributed by atoms with E-state index in [1.54, 1.807) is 0 Å². The first-order valence-electron chi connectivity index (χ1n) is 10.7. The van der Waals surface area contributed by atoms with Gasteiger partial charge in [0.25, 0.3) is 11.1 Å². The van der Waals surface area contributed by atoms with E-state index in [1.807, 2.05) is 42.5 Å². The van der Waals surface area contributed by atoms with Crippen LogP contribution in [-0.4, -0.2) is 29.1 Å². The Morgan fingerprint density at radius 1 is 0.935 bits per heavy atom. The Morgan fingerprint density at radius 3 is 2.48 bits per heavy atom. The zero-order valence-corrected chi connectivity index (χ0v) is 18.3. The lowest BCUT2D eigenvalue weighted by Crippen LogP contribution is -2.27. The molecule has 5 rings (SSSR count). The molecular weight excluding hydrogens is 404 g/mol. The van der Waals surface area contributed by atoms with Gasteiger partial charge in [-0.05, 0) is 83.3 Å². The van der Waals surface area contributed by atoms with Crippen LogP contribution in [0, 0.1) is 6.92 Å². The van der Waals surface area contributed by atoms with Gasteiger partial charge in [0.1, 0.15) is 0 Å². The molecule has 0 spiro atoms. The van der Waals surface area contributed by atoms with Crippen LogP contribution in [-0.2, 0) is 11.3 Å². The van der Waals surface area contributed by atoms with Gasteiger partial charge in [0, 0.05) is 18.8 Å². The lowest BCUT2D eigenvalue weighted by molar-refractivity contribution is -0.123. The summed E-state index contributed by atoms with van der Waals surface area (Å²) in [7, 11) is 0. The topological polar surface area (TPSA) is 40.6 Å². The number of imide groups is 1. The Bertz CT molecular complexity index is 1210. The molecule has 31 heavy (non-hydrogen) atoms. The number of thioether (sulfide) groups is 1. The van der Waals surface area contributed by atoms with Gasteiger partial charge in [0.05, 0.1) is 11.4 Å². The van der Waals surface area contributed by atoms with Crippen molar-refractivity contribution in [3.63, 3.8) is 0 Å². The molecule has 2 aliphatic heterocycles. The minimum absolute atomic E-state index is 0.212. The number of aryl methyl sites for hydroxylation is 1. The first kappa shape index (κ1) is 19.9. The van der Waals surface area contributed by atoms with Crippen molar-refractivity contribution < 1.29 is 9.59 Å². The maximum absolute atomic E-state index is 13.0. The number of hydrogen-bond donors (Lipinski definition) is 0. The molecule has 3 aromatic carbocycles. The third kappa shape index (κ3) is 3.98. The number of fused-ring (bicyclic) bond motifs is 1. The van der Waals surface area contributed by atoms with Crippen molar-refractivity contribution >= 4 is 45.4 Å². The first-order chi connectivity index (χ1) is 15.1. The van der Waals surface area contributed by atoms with E-state index in [1.165, 1.54) is 23.4 Å². The highest BCUT2D eigenvalue weighted by Gasteiger charge is 2.35. The number of anilines is 1. The number of rotatable bonds is 4. The first-order valence-corrected chi connectivity index (χ1v) is 11.5. The van der Waals surface area contributed by atoms with Gasteiger partial charge >= 0.3 is 0 Å². The molecule has 2 heterocycles. The molecule has 0 saturated carbocycles. The van der Waals surface area contributed by atoms with Gasteiger partial charge in [-0.25, -0.2) is 0 Å². The number of amides is 2. The monoisotopic (exact) mass is 428 g/mol. The van der Waals surface area contributed by atoms with Crippen LogP contribution in [0.2, 0.25) is 0 Å². The molecule has 0 unspecified atom stereocenters. The molecule has 4 nitrogen and oxygen atoms in total. The van der Waals surface area contributed by atoms with Crippen molar-refractivity contribution in [1.82, 2.24) is 4.90 Å². The zero-order chi connectivity index (χ0) is 21.4. The third-order valence-corrected chi connectivity index (χ3v) is 6.95. The van der Waals surface area contributed by atoms with Gasteiger partial charge in [-0.15, -0.1) is 0 Å². The van der Waals surface area contributed by atoms with Crippen LogP contribution in [0.4, 0.5) is 10.5 Å². The van der Waals surface area contributed by atoms with Crippen LogP contribution >= 0.6 is 11.8 Å². The van der Waals surface area contributed by atoms with E-state index in [0.29, 0.717) is 11.4 Å². The normalized spacial score (nSPS) is 18.0. The van der Waals surface area contributed by atoms with E-state index in [4.69, 9.17) is 0 Å². The molecule has 0 bridgehead atoms. The number of carbonyl (C=O) groups is 2. The molecule has 156 valence electrons. The zero-order valence-electron chi connectivity index (χ0n) is 17.5. The van der Waals surface area contributed by atoms with Gasteiger partial charge in [-0.2, -0.15) is 0 Å². The quantitative estimate of drug-likeness (QED) is 0.479. The maximum Gasteiger partial charge on any atom is 0.293 e. The average Bonchev–Trinajstić information content (AvgIpc) is 3.40. The Hall–Kier alpha value is -3.05. The van der Waals surface area contributed by atoms with Crippen LogP contribution in [0.15, 0.2) is 65.6 Å². The fourth-order valence-corrected chi connectivity index (χ4v) is 5.12. The summed E-state index contributed by atoms with van der Waals surface area (Å²) in [6.45, 7) is 4.56. The average molecular weight is 429 g/mol. The highest BCUT2D eigenvalue weighted by molar-refractivity contribution is 8.18. The number of benzene rings is 3. The van der Waals surface area contributed by atoms with Crippen LogP contribution < -0.4 is 4.90 Å². The predicted molar refractivity (Wildman–Crippen MR) is 128 cm³/mol. The summed E-state index contributed by atoms with van der Waals surface area (Å²) >= 11 is 1.03. The maximum atomic E-state index is 13.0. The summed E-state index contributed by atoms with van der Waals surface area (Å²) < 4.78 is 0. The van der Waals surface area contributed by atoms with Crippen molar-refractivity contribution in [2.45, 2.75) is 26.3 Å². The molecule has 3 aromatic rings. The lowest BCUT2D eigenvalue weighted by Gasteiger charge is -2.18. The Kier molecular flexibility index (Phi) is 5.28. The molecule has 0 radical (unpaired) electrons. The molecule has 0 N–H and O–H groups in total. The fourth-order valence-electron chi connectivity index (χ4n) is 4.29. The highest BCUT2D eigenvalue weighted by Crippen LogP contribution is 2.34. The smallest absolute Gasteiger partial charge is 0.293 e. The number of carbonyl (C=O) groups excluding carboxylic acids is 2. The van der Waals surface area contributed by atoms with Crippen molar-refractivity contribution in [3.05, 3.63) is 82.3 Å². The second-order valence-electron chi connectivity index (χ2n) is 8.18. The summed E-state index contributed by atoms with van der Waals surface area (Å²) in [6.07, 6.45) is 4.34.